The predicted molar refractivity (Wildman–Crippen MR) is 89.6 cm³/mol. The second-order valence-corrected chi connectivity index (χ2v) is 7.16. The van der Waals surface area contributed by atoms with Crippen molar-refractivity contribution in [3.05, 3.63) is 33.4 Å². The molecular formula is C16H24INO. The maximum absolute atomic E-state index is 12.3. The normalized spacial score (nSPS) is 11.6. The Hall–Kier alpha value is -0.420. The molecule has 0 unspecified atom stereocenters. The molecule has 0 aliphatic carbocycles. The molecular weight excluding hydrogens is 349 g/mol. The molecule has 1 rings (SSSR count). The van der Waals surface area contributed by atoms with Crippen LogP contribution in [0.5, 0.6) is 0 Å². The fourth-order valence-electron chi connectivity index (χ4n) is 2.17. The molecule has 1 aromatic carbocycles. The van der Waals surface area contributed by atoms with Crippen LogP contribution in [-0.4, -0.2) is 30.3 Å². The highest BCUT2D eigenvalue weighted by molar-refractivity contribution is 14.1. The Kier molecular flexibility index (Phi) is 7.00. The van der Waals surface area contributed by atoms with Crippen LogP contribution in [0.1, 0.15) is 38.1 Å². The number of carbonyl (C=O) groups excluding carboxylic acids is 1. The molecule has 0 N–H and O–H groups in total. The predicted octanol–water partition coefficient (Wildman–Crippen LogP) is 4.09. The van der Waals surface area contributed by atoms with E-state index in [9.17, 15) is 4.79 Å². The molecule has 106 valence electrons. The Morgan fingerprint density at radius 2 is 1.53 bits per heavy atom. The van der Waals surface area contributed by atoms with Gasteiger partial charge in [-0.2, -0.15) is 0 Å². The Bertz CT molecular complexity index is 388. The van der Waals surface area contributed by atoms with Crippen LogP contribution in [0.4, 0.5) is 0 Å². The molecule has 3 heteroatoms. The maximum Gasteiger partial charge on any atom is 0.176 e. The quantitative estimate of drug-likeness (QED) is 0.530. The summed E-state index contributed by atoms with van der Waals surface area (Å²) in [4.78, 5) is 14.6. The molecule has 0 saturated carbocycles. The zero-order valence-electron chi connectivity index (χ0n) is 12.3. The molecule has 0 amide bonds. The third-order valence-corrected chi connectivity index (χ3v) is 3.50. The van der Waals surface area contributed by atoms with Crippen molar-refractivity contribution in [3.63, 3.8) is 0 Å². The SMILES string of the molecule is CC(C)CN(CC(=O)c1ccc(I)cc1)CC(C)C. The average Bonchev–Trinajstić information content (AvgIpc) is 2.27. The van der Waals surface area contributed by atoms with E-state index in [0.29, 0.717) is 18.4 Å². The van der Waals surface area contributed by atoms with Gasteiger partial charge in [0.2, 0.25) is 0 Å². The van der Waals surface area contributed by atoms with E-state index >= 15 is 0 Å². The lowest BCUT2D eigenvalue weighted by Gasteiger charge is -2.25. The number of rotatable bonds is 7. The van der Waals surface area contributed by atoms with E-state index in [4.69, 9.17) is 0 Å². The Balaban J connectivity index is 2.66. The third-order valence-electron chi connectivity index (χ3n) is 2.78. The summed E-state index contributed by atoms with van der Waals surface area (Å²) in [5, 5.41) is 0. The van der Waals surface area contributed by atoms with Crippen LogP contribution in [0.15, 0.2) is 24.3 Å². The highest BCUT2D eigenvalue weighted by atomic mass is 127. The highest BCUT2D eigenvalue weighted by Gasteiger charge is 2.14. The van der Waals surface area contributed by atoms with Gasteiger partial charge in [0.15, 0.2) is 5.78 Å². The summed E-state index contributed by atoms with van der Waals surface area (Å²) in [6.45, 7) is 11.3. The van der Waals surface area contributed by atoms with E-state index < -0.39 is 0 Å². The number of Topliss-reactive ketones (excluding diaryl/α,β-unsaturated/α-hetero) is 1. The largest absolute Gasteiger partial charge is 0.295 e. The van der Waals surface area contributed by atoms with Crippen molar-refractivity contribution in [2.75, 3.05) is 19.6 Å². The van der Waals surface area contributed by atoms with Gasteiger partial charge in [-0.05, 0) is 46.6 Å². The molecule has 0 fully saturated rings. The van der Waals surface area contributed by atoms with Gasteiger partial charge in [-0.1, -0.05) is 39.8 Å². The number of ketones is 1. The molecule has 0 aliphatic rings. The van der Waals surface area contributed by atoms with Gasteiger partial charge in [-0.3, -0.25) is 9.69 Å². The molecule has 0 aromatic heterocycles. The lowest BCUT2D eigenvalue weighted by Crippen LogP contribution is -2.35. The summed E-state index contributed by atoms with van der Waals surface area (Å²) >= 11 is 2.26. The number of hydrogen-bond acceptors (Lipinski definition) is 2. The van der Waals surface area contributed by atoms with E-state index in [0.717, 1.165) is 22.2 Å². The van der Waals surface area contributed by atoms with Crippen LogP contribution in [0.25, 0.3) is 0 Å². The first kappa shape index (κ1) is 16.6. The standard InChI is InChI=1S/C16H24INO/c1-12(2)9-18(10-13(3)4)11-16(19)14-5-7-15(17)8-6-14/h5-8,12-13H,9-11H2,1-4H3. The lowest BCUT2D eigenvalue weighted by atomic mass is 10.1. The van der Waals surface area contributed by atoms with Gasteiger partial charge in [-0.25, -0.2) is 0 Å². The monoisotopic (exact) mass is 373 g/mol. The Morgan fingerprint density at radius 1 is 1.05 bits per heavy atom. The summed E-state index contributed by atoms with van der Waals surface area (Å²) in [7, 11) is 0. The molecule has 0 bridgehead atoms. The van der Waals surface area contributed by atoms with Crippen LogP contribution < -0.4 is 0 Å². The Labute approximate surface area is 130 Å². The van der Waals surface area contributed by atoms with Gasteiger partial charge in [0.05, 0.1) is 6.54 Å². The van der Waals surface area contributed by atoms with Gasteiger partial charge < -0.3 is 0 Å². The number of halogens is 1. The summed E-state index contributed by atoms with van der Waals surface area (Å²) < 4.78 is 1.16. The number of hydrogen-bond donors (Lipinski definition) is 0. The van der Waals surface area contributed by atoms with Gasteiger partial charge in [0.1, 0.15) is 0 Å². The summed E-state index contributed by atoms with van der Waals surface area (Å²) in [6, 6.07) is 7.83. The topological polar surface area (TPSA) is 20.3 Å². The van der Waals surface area contributed by atoms with Crippen molar-refractivity contribution >= 4 is 28.4 Å². The van der Waals surface area contributed by atoms with Crippen molar-refractivity contribution in [1.82, 2.24) is 4.90 Å². The van der Waals surface area contributed by atoms with Crippen molar-refractivity contribution < 1.29 is 4.79 Å². The van der Waals surface area contributed by atoms with Gasteiger partial charge in [0, 0.05) is 22.2 Å². The molecule has 0 radical (unpaired) electrons. The molecule has 0 aliphatic heterocycles. The van der Waals surface area contributed by atoms with Gasteiger partial charge in [0.25, 0.3) is 0 Å². The maximum atomic E-state index is 12.3. The lowest BCUT2D eigenvalue weighted by molar-refractivity contribution is 0.0912. The van der Waals surface area contributed by atoms with Crippen LogP contribution in [0, 0.1) is 15.4 Å². The molecule has 0 atom stereocenters. The fraction of sp³-hybridized carbons (Fsp3) is 0.562. The summed E-state index contributed by atoms with van der Waals surface area (Å²) in [6.07, 6.45) is 0. The van der Waals surface area contributed by atoms with Gasteiger partial charge >= 0.3 is 0 Å². The minimum atomic E-state index is 0.220. The molecule has 1 aromatic rings. The number of benzene rings is 1. The summed E-state index contributed by atoms with van der Waals surface area (Å²) in [5.74, 6) is 1.39. The smallest absolute Gasteiger partial charge is 0.176 e. The number of carbonyl (C=O) groups is 1. The van der Waals surface area contributed by atoms with Crippen LogP contribution in [0.3, 0.4) is 0 Å². The van der Waals surface area contributed by atoms with Crippen LogP contribution in [0.2, 0.25) is 0 Å². The van der Waals surface area contributed by atoms with Crippen LogP contribution in [-0.2, 0) is 0 Å². The zero-order chi connectivity index (χ0) is 14.4. The second kappa shape index (κ2) is 8.00. The minimum Gasteiger partial charge on any atom is -0.295 e. The minimum absolute atomic E-state index is 0.220. The van der Waals surface area contributed by atoms with Crippen molar-refractivity contribution in [2.24, 2.45) is 11.8 Å². The van der Waals surface area contributed by atoms with E-state index in [-0.39, 0.29) is 5.78 Å². The average molecular weight is 373 g/mol. The van der Waals surface area contributed by atoms with Crippen molar-refractivity contribution in [1.29, 1.82) is 0 Å². The number of nitrogens with zero attached hydrogens (tertiary/aromatic N) is 1. The third kappa shape index (κ3) is 6.52. The molecule has 0 spiro atoms. The Morgan fingerprint density at radius 3 is 1.95 bits per heavy atom. The second-order valence-electron chi connectivity index (χ2n) is 5.91. The zero-order valence-corrected chi connectivity index (χ0v) is 14.5. The van der Waals surface area contributed by atoms with E-state index in [1.54, 1.807) is 0 Å². The van der Waals surface area contributed by atoms with E-state index in [1.807, 2.05) is 24.3 Å². The van der Waals surface area contributed by atoms with E-state index in [2.05, 4.69) is 55.2 Å². The van der Waals surface area contributed by atoms with Gasteiger partial charge in [-0.15, -0.1) is 0 Å². The summed E-state index contributed by atoms with van der Waals surface area (Å²) in [5.41, 5.74) is 0.818. The molecule has 2 nitrogen and oxygen atoms in total. The first-order valence-electron chi connectivity index (χ1n) is 6.89. The molecule has 0 saturated heterocycles. The van der Waals surface area contributed by atoms with Crippen molar-refractivity contribution in [3.8, 4) is 0 Å². The highest BCUT2D eigenvalue weighted by Crippen LogP contribution is 2.10. The van der Waals surface area contributed by atoms with E-state index in [1.165, 1.54) is 0 Å². The van der Waals surface area contributed by atoms with Crippen LogP contribution >= 0.6 is 22.6 Å². The van der Waals surface area contributed by atoms with Crippen molar-refractivity contribution in [2.45, 2.75) is 27.7 Å². The fourth-order valence-corrected chi connectivity index (χ4v) is 2.53. The first-order valence-corrected chi connectivity index (χ1v) is 7.97. The molecule has 19 heavy (non-hydrogen) atoms. The first-order chi connectivity index (χ1) is 8.88. The molecule has 0 heterocycles.